The molecule has 4 nitrogen and oxygen atoms in total. The van der Waals surface area contributed by atoms with Crippen LogP contribution in [0.4, 0.5) is 0 Å². The number of rotatable bonds is 2. The molecule has 0 radical (unpaired) electrons. The number of hydrogen-bond donors (Lipinski definition) is 1. The summed E-state index contributed by atoms with van der Waals surface area (Å²) in [5, 5.41) is 0. The molecule has 1 aliphatic carbocycles. The topological polar surface area (TPSA) is 49.6 Å². The first kappa shape index (κ1) is 9.93. The van der Waals surface area contributed by atoms with Crippen molar-refractivity contribution >= 4 is 5.91 Å². The highest BCUT2D eigenvalue weighted by Gasteiger charge is 2.32. The fraction of sp³-hybridized carbons (Fsp3) is 0.900. The molecule has 1 amide bonds. The number of nitrogens with zero attached hydrogens (tertiary/aromatic N) is 2. The van der Waals surface area contributed by atoms with E-state index in [9.17, 15) is 4.79 Å². The van der Waals surface area contributed by atoms with E-state index in [1.807, 2.05) is 4.90 Å². The van der Waals surface area contributed by atoms with Crippen molar-refractivity contribution in [2.45, 2.75) is 31.8 Å². The number of carbonyl (C=O) groups excluding carboxylic acids is 1. The molecule has 2 fully saturated rings. The molecule has 0 spiro atoms. The van der Waals surface area contributed by atoms with E-state index in [1.165, 1.54) is 12.8 Å². The zero-order valence-corrected chi connectivity index (χ0v) is 8.78. The first-order chi connectivity index (χ1) is 6.68. The Labute approximate surface area is 85.0 Å². The summed E-state index contributed by atoms with van der Waals surface area (Å²) in [5.74, 6) is 0.0976. The largest absolute Gasteiger partial charge is 0.339 e. The minimum Gasteiger partial charge on any atom is -0.339 e. The van der Waals surface area contributed by atoms with E-state index in [-0.39, 0.29) is 11.9 Å². The van der Waals surface area contributed by atoms with E-state index in [0.29, 0.717) is 0 Å². The molecule has 1 heterocycles. The third-order valence-electron chi connectivity index (χ3n) is 3.08. The van der Waals surface area contributed by atoms with E-state index in [1.54, 1.807) is 6.92 Å². The lowest BCUT2D eigenvalue weighted by Crippen LogP contribution is -2.52. The monoisotopic (exact) mass is 197 g/mol. The molecule has 1 atom stereocenters. The lowest BCUT2D eigenvalue weighted by atomic mass is 10.2. The van der Waals surface area contributed by atoms with Gasteiger partial charge in [-0.15, -0.1) is 0 Å². The van der Waals surface area contributed by atoms with Gasteiger partial charge in [-0.1, -0.05) is 0 Å². The second kappa shape index (κ2) is 3.87. The zero-order valence-electron chi connectivity index (χ0n) is 8.78. The summed E-state index contributed by atoms with van der Waals surface area (Å²) in [4.78, 5) is 16.0. The van der Waals surface area contributed by atoms with Gasteiger partial charge < -0.3 is 10.6 Å². The highest BCUT2D eigenvalue weighted by Crippen LogP contribution is 2.27. The molecule has 0 bridgehead atoms. The standard InChI is InChI=1S/C10H19N3O/c1-8(11)10(14)13-6-4-12(5-7-13)9-2-3-9/h8-9H,2-7,11H2,1H3/t8-/m1/s1. The van der Waals surface area contributed by atoms with Crippen molar-refractivity contribution in [2.75, 3.05) is 26.2 Å². The van der Waals surface area contributed by atoms with Crippen LogP contribution >= 0.6 is 0 Å². The van der Waals surface area contributed by atoms with Crippen LogP contribution in [0.2, 0.25) is 0 Å². The fourth-order valence-electron chi connectivity index (χ4n) is 2.04. The van der Waals surface area contributed by atoms with Gasteiger partial charge in [0.1, 0.15) is 0 Å². The molecule has 1 saturated carbocycles. The third kappa shape index (κ3) is 2.07. The molecular weight excluding hydrogens is 178 g/mol. The van der Waals surface area contributed by atoms with Gasteiger partial charge in [0.05, 0.1) is 6.04 Å². The Morgan fingerprint density at radius 2 is 1.86 bits per heavy atom. The molecular formula is C10H19N3O. The number of amides is 1. The van der Waals surface area contributed by atoms with Crippen molar-refractivity contribution < 1.29 is 4.79 Å². The van der Waals surface area contributed by atoms with Crippen molar-refractivity contribution in [3.05, 3.63) is 0 Å². The van der Waals surface area contributed by atoms with Crippen LogP contribution in [0.5, 0.6) is 0 Å². The fourth-order valence-corrected chi connectivity index (χ4v) is 2.04. The van der Waals surface area contributed by atoms with Crippen LogP contribution in [-0.4, -0.2) is 54.0 Å². The Bertz CT molecular complexity index is 217. The Balaban J connectivity index is 1.80. The highest BCUT2D eigenvalue weighted by atomic mass is 16.2. The normalized spacial score (nSPS) is 26.3. The van der Waals surface area contributed by atoms with Gasteiger partial charge in [-0.2, -0.15) is 0 Å². The first-order valence-corrected chi connectivity index (χ1v) is 5.47. The zero-order chi connectivity index (χ0) is 10.1. The van der Waals surface area contributed by atoms with Crippen molar-refractivity contribution in [1.82, 2.24) is 9.80 Å². The van der Waals surface area contributed by atoms with Crippen LogP contribution in [0.15, 0.2) is 0 Å². The minimum atomic E-state index is -0.345. The van der Waals surface area contributed by atoms with Crippen molar-refractivity contribution in [2.24, 2.45) is 5.73 Å². The van der Waals surface area contributed by atoms with Gasteiger partial charge in [0.25, 0.3) is 0 Å². The van der Waals surface area contributed by atoms with Gasteiger partial charge >= 0.3 is 0 Å². The Hall–Kier alpha value is -0.610. The number of piperazine rings is 1. The number of hydrogen-bond acceptors (Lipinski definition) is 3. The lowest BCUT2D eigenvalue weighted by Gasteiger charge is -2.35. The summed E-state index contributed by atoms with van der Waals surface area (Å²) in [6, 6.07) is 0.477. The molecule has 4 heteroatoms. The van der Waals surface area contributed by atoms with E-state index >= 15 is 0 Å². The van der Waals surface area contributed by atoms with Crippen LogP contribution < -0.4 is 5.73 Å². The van der Waals surface area contributed by atoms with E-state index in [2.05, 4.69) is 4.90 Å². The molecule has 2 rings (SSSR count). The Morgan fingerprint density at radius 1 is 1.29 bits per heavy atom. The molecule has 0 aromatic carbocycles. The summed E-state index contributed by atoms with van der Waals surface area (Å²) >= 11 is 0. The number of carbonyl (C=O) groups is 1. The third-order valence-corrected chi connectivity index (χ3v) is 3.08. The summed E-state index contributed by atoms with van der Waals surface area (Å²) in [6.07, 6.45) is 2.70. The molecule has 2 N–H and O–H groups in total. The smallest absolute Gasteiger partial charge is 0.239 e. The summed E-state index contributed by atoms with van der Waals surface area (Å²) in [7, 11) is 0. The molecule has 14 heavy (non-hydrogen) atoms. The Morgan fingerprint density at radius 3 is 2.29 bits per heavy atom. The Kier molecular flexibility index (Phi) is 2.74. The van der Waals surface area contributed by atoms with Gasteiger partial charge in [-0.25, -0.2) is 0 Å². The molecule has 1 saturated heterocycles. The minimum absolute atomic E-state index is 0.0976. The SMILES string of the molecule is C[C@@H](N)C(=O)N1CCN(C2CC2)CC1. The lowest BCUT2D eigenvalue weighted by molar-refractivity contribution is -0.134. The molecule has 2 aliphatic rings. The predicted molar refractivity (Wildman–Crippen MR) is 54.8 cm³/mol. The van der Waals surface area contributed by atoms with Gasteiger partial charge in [0.2, 0.25) is 5.91 Å². The molecule has 0 unspecified atom stereocenters. The second-order valence-electron chi connectivity index (χ2n) is 4.38. The van der Waals surface area contributed by atoms with Crippen LogP contribution in [-0.2, 0) is 4.79 Å². The van der Waals surface area contributed by atoms with Crippen molar-refractivity contribution in [3.63, 3.8) is 0 Å². The van der Waals surface area contributed by atoms with E-state index < -0.39 is 0 Å². The average Bonchev–Trinajstić information content (AvgIpc) is 3.00. The maximum absolute atomic E-state index is 11.6. The van der Waals surface area contributed by atoms with Gasteiger partial charge in [0, 0.05) is 32.2 Å². The first-order valence-electron chi connectivity index (χ1n) is 5.47. The van der Waals surface area contributed by atoms with Crippen molar-refractivity contribution in [3.8, 4) is 0 Å². The van der Waals surface area contributed by atoms with Crippen LogP contribution in [0.1, 0.15) is 19.8 Å². The van der Waals surface area contributed by atoms with Gasteiger partial charge in [-0.3, -0.25) is 9.69 Å². The van der Waals surface area contributed by atoms with Crippen LogP contribution in [0.3, 0.4) is 0 Å². The number of nitrogens with two attached hydrogens (primary N) is 1. The summed E-state index contributed by atoms with van der Waals surface area (Å²) in [5.41, 5.74) is 5.57. The highest BCUT2D eigenvalue weighted by molar-refractivity contribution is 5.81. The van der Waals surface area contributed by atoms with E-state index in [0.717, 1.165) is 32.2 Å². The van der Waals surface area contributed by atoms with E-state index in [4.69, 9.17) is 5.73 Å². The molecule has 0 aromatic heterocycles. The molecule has 1 aliphatic heterocycles. The predicted octanol–water partition coefficient (Wildman–Crippen LogP) is -0.360. The maximum Gasteiger partial charge on any atom is 0.239 e. The second-order valence-corrected chi connectivity index (χ2v) is 4.38. The maximum atomic E-state index is 11.6. The van der Waals surface area contributed by atoms with Crippen molar-refractivity contribution in [1.29, 1.82) is 0 Å². The summed E-state index contributed by atoms with van der Waals surface area (Å²) in [6.45, 7) is 5.54. The average molecular weight is 197 g/mol. The van der Waals surface area contributed by atoms with Gasteiger partial charge in [-0.05, 0) is 19.8 Å². The van der Waals surface area contributed by atoms with Gasteiger partial charge in [0.15, 0.2) is 0 Å². The quantitative estimate of drug-likeness (QED) is 0.657. The van der Waals surface area contributed by atoms with Crippen LogP contribution in [0, 0.1) is 0 Å². The molecule has 80 valence electrons. The molecule has 0 aromatic rings. The summed E-state index contributed by atoms with van der Waals surface area (Å²) < 4.78 is 0. The van der Waals surface area contributed by atoms with Crippen LogP contribution in [0.25, 0.3) is 0 Å².